The zero-order chi connectivity index (χ0) is 14.7. The van der Waals surface area contributed by atoms with Crippen molar-refractivity contribution < 1.29 is 9.18 Å². The molecule has 3 nitrogen and oxygen atoms in total. The zero-order valence-corrected chi connectivity index (χ0v) is 12.1. The second kappa shape index (κ2) is 6.18. The van der Waals surface area contributed by atoms with Crippen molar-refractivity contribution in [2.45, 2.75) is 32.5 Å². The summed E-state index contributed by atoms with van der Waals surface area (Å²) in [5.41, 5.74) is 1.09. The van der Waals surface area contributed by atoms with E-state index in [0.29, 0.717) is 6.54 Å². The Hall–Kier alpha value is -1.68. The van der Waals surface area contributed by atoms with Gasteiger partial charge in [-0.05, 0) is 37.6 Å². The first-order chi connectivity index (χ1) is 9.51. The quantitative estimate of drug-likeness (QED) is 0.792. The molecule has 0 radical (unpaired) electrons. The third kappa shape index (κ3) is 3.25. The van der Waals surface area contributed by atoms with E-state index in [0.717, 1.165) is 18.7 Å². The zero-order valence-electron chi connectivity index (χ0n) is 12.1. The molecular formula is C16H21FN2O. The van der Waals surface area contributed by atoms with Crippen LogP contribution in [0, 0.1) is 5.82 Å². The fourth-order valence-electron chi connectivity index (χ4n) is 2.67. The van der Waals surface area contributed by atoms with Crippen LogP contribution < -0.4 is 0 Å². The standard InChI is InChI=1S/C16H21FN2O/c1-4-16(20)19-10-12(2)18(9-13(19)3)11-14-5-7-15(17)8-6-14/h4-8,12-13H,1,9-11H2,2-3H3/t12-,13+/m1/s1. The fraction of sp³-hybridized carbons (Fsp3) is 0.438. The third-order valence-corrected chi connectivity index (χ3v) is 3.87. The second-order valence-electron chi connectivity index (χ2n) is 5.45. The van der Waals surface area contributed by atoms with Crippen LogP contribution in [0.3, 0.4) is 0 Å². The number of piperazine rings is 1. The summed E-state index contributed by atoms with van der Waals surface area (Å²) in [6.07, 6.45) is 1.37. The Bertz CT molecular complexity index is 486. The number of amides is 1. The minimum Gasteiger partial charge on any atom is -0.334 e. The van der Waals surface area contributed by atoms with Gasteiger partial charge in [-0.25, -0.2) is 4.39 Å². The van der Waals surface area contributed by atoms with Gasteiger partial charge < -0.3 is 4.90 Å². The second-order valence-corrected chi connectivity index (χ2v) is 5.45. The van der Waals surface area contributed by atoms with Crippen LogP contribution in [-0.4, -0.2) is 40.9 Å². The van der Waals surface area contributed by atoms with Gasteiger partial charge in [0, 0.05) is 31.7 Å². The summed E-state index contributed by atoms with van der Waals surface area (Å²) in [5, 5.41) is 0. The predicted molar refractivity (Wildman–Crippen MR) is 77.6 cm³/mol. The lowest BCUT2D eigenvalue weighted by atomic mass is 10.1. The Kier molecular flexibility index (Phi) is 4.55. The molecule has 0 N–H and O–H groups in total. The van der Waals surface area contributed by atoms with Gasteiger partial charge in [0.05, 0.1) is 0 Å². The van der Waals surface area contributed by atoms with Crippen LogP contribution in [0.1, 0.15) is 19.4 Å². The summed E-state index contributed by atoms with van der Waals surface area (Å²) in [7, 11) is 0. The molecule has 1 heterocycles. The maximum atomic E-state index is 12.9. The van der Waals surface area contributed by atoms with E-state index < -0.39 is 0 Å². The summed E-state index contributed by atoms with van der Waals surface area (Å²) in [4.78, 5) is 16.0. The number of hydrogen-bond donors (Lipinski definition) is 0. The van der Waals surface area contributed by atoms with Crippen molar-refractivity contribution in [3.8, 4) is 0 Å². The first kappa shape index (κ1) is 14.7. The SMILES string of the molecule is C=CC(=O)N1C[C@@H](C)N(Cc2ccc(F)cc2)C[C@@H]1C. The third-order valence-electron chi connectivity index (χ3n) is 3.87. The van der Waals surface area contributed by atoms with Crippen molar-refractivity contribution in [3.05, 3.63) is 48.3 Å². The lowest BCUT2D eigenvalue weighted by Crippen LogP contribution is -2.57. The van der Waals surface area contributed by atoms with Crippen LogP contribution >= 0.6 is 0 Å². The highest BCUT2D eigenvalue weighted by atomic mass is 19.1. The van der Waals surface area contributed by atoms with Gasteiger partial charge in [-0.1, -0.05) is 18.7 Å². The smallest absolute Gasteiger partial charge is 0.246 e. The molecule has 0 aliphatic carbocycles. The van der Waals surface area contributed by atoms with E-state index in [9.17, 15) is 9.18 Å². The fourth-order valence-corrected chi connectivity index (χ4v) is 2.67. The van der Waals surface area contributed by atoms with E-state index in [1.54, 1.807) is 0 Å². The number of carbonyl (C=O) groups excluding carboxylic acids is 1. The summed E-state index contributed by atoms with van der Waals surface area (Å²) in [6.45, 7) is 10.0. The Morgan fingerprint density at radius 1 is 1.30 bits per heavy atom. The molecule has 1 aliphatic heterocycles. The van der Waals surface area contributed by atoms with Crippen molar-refractivity contribution in [2.75, 3.05) is 13.1 Å². The van der Waals surface area contributed by atoms with Gasteiger partial charge >= 0.3 is 0 Å². The highest BCUT2D eigenvalue weighted by Crippen LogP contribution is 2.18. The molecule has 1 saturated heterocycles. The molecule has 0 spiro atoms. The summed E-state index contributed by atoms with van der Waals surface area (Å²) >= 11 is 0. The van der Waals surface area contributed by atoms with Crippen molar-refractivity contribution >= 4 is 5.91 Å². The number of benzene rings is 1. The first-order valence-corrected chi connectivity index (χ1v) is 6.92. The lowest BCUT2D eigenvalue weighted by Gasteiger charge is -2.43. The number of hydrogen-bond acceptors (Lipinski definition) is 2. The molecule has 0 bridgehead atoms. The molecule has 1 fully saturated rings. The van der Waals surface area contributed by atoms with Gasteiger partial charge in [0.25, 0.3) is 0 Å². The van der Waals surface area contributed by atoms with Gasteiger partial charge in [-0.3, -0.25) is 9.69 Å². The van der Waals surface area contributed by atoms with Crippen LogP contribution in [-0.2, 0) is 11.3 Å². The minimum absolute atomic E-state index is 0.00854. The summed E-state index contributed by atoms with van der Waals surface area (Å²) in [5.74, 6) is -0.220. The van der Waals surface area contributed by atoms with Gasteiger partial charge in [0.15, 0.2) is 0 Å². The number of halogens is 1. The largest absolute Gasteiger partial charge is 0.334 e. The van der Waals surface area contributed by atoms with Crippen LogP contribution in [0.2, 0.25) is 0 Å². The van der Waals surface area contributed by atoms with E-state index in [-0.39, 0.29) is 23.8 Å². The number of nitrogens with zero attached hydrogens (tertiary/aromatic N) is 2. The Labute approximate surface area is 119 Å². The highest BCUT2D eigenvalue weighted by Gasteiger charge is 2.30. The Morgan fingerprint density at radius 2 is 1.95 bits per heavy atom. The van der Waals surface area contributed by atoms with Crippen LogP contribution in [0.25, 0.3) is 0 Å². The number of rotatable bonds is 3. The molecule has 4 heteroatoms. The average Bonchev–Trinajstić information content (AvgIpc) is 2.44. The van der Waals surface area contributed by atoms with Crippen molar-refractivity contribution in [2.24, 2.45) is 0 Å². The van der Waals surface area contributed by atoms with Crippen molar-refractivity contribution in [1.82, 2.24) is 9.80 Å². The maximum absolute atomic E-state index is 12.9. The van der Waals surface area contributed by atoms with E-state index in [2.05, 4.69) is 18.4 Å². The van der Waals surface area contributed by atoms with E-state index in [1.807, 2.05) is 24.0 Å². The van der Waals surface area contributed by atoms with Gasteiger partial charge in [0.2, 0.25) is 5.91 Å². The first-order valence-electron chi connectivity index (χ1n) is 6.92. The van der Waals surface area contributed by atoms with Crippen molar-refractivity contribution in [1.29, 1.82) is 0 Å². The molecule has 0 saturated carbocycles. The Morgan fingerprint density at radius 3 is 2.55 bits per heavy atom. The van der Waals surface area contributed by atoms with Gasteiger partial charge in [0.1, 0.15) is 5.82 Å². The maximum Gasteiger partial charge on any atom is 0.246 e. The molecule has 20 heavy (non-hydrogen) atoms. The van der Waals surface area contributed by atoms with Crippen LogP contribution in [0.15, 0.2) is 36.9 Å². The van der Waals surface area contributed by atoms with E-state index in [4.69, 9.17) is 0 Å². The molecule has 1 aromatic carbocycles. The van der Waals surface area contributed by atoms with Crippen molar-refractivity contribution in [3.63, 3.8) is 0 Å². The molecule has 0 aromatic heterocycles. The van der Waals surface area contributed by atoms with Gasteiger partial charge in [-0.2, -0.15) is 0 Å². The molecule has 108 valence electrons. The van der Waals surface area contributed by atoms with E-state index in [1.165, 1.54) is 18.2 Å². The topological polar surface area (TPSA) is 23.6 Å². The molecule has 2 rings (SSSR count). The average molecular weight is 276 g/mol. The lowest BCUT2D eigenvalue weighted by molar-refractivity contribution is -0.131. The minimum atomic E-state index is -0.212. The molecule has 1 amide bonds. The number of carbonyl (C=O) groups is 1. The monoisotopic (exact) mass is 276 g/mol. The molecule has 1 aromatic rings. The van der Waals surface area contributed by atoms with E-state index >= 15 is 0 Å². The molecule has 2 atom stereocenters. The van der Waals surface area contributed by atoms with Crippen LogP contribution in [0.4, 0.5) is 4.39 Å². The molecular weight excluding hydrogens is 255 g/mol. The normalized spacial score (nSPS) is 23.6. The van der Waals surface area contributed by atoms with Crippen LogP contribution in [0.5, 0.6) is 0 Å². The predicted octanol–water partition coefficient (Wildman–Crippen LogP) is 2.43. The molecule has 1 aliphatic rings. The van der Waals surface area contributed by atoms with Gasteiger partial charge in [-0.15, -0.1) is 0 Å². The summed E-state index contributed by atoms with van der Waals surface area (Å²) in [6, 6.07) is 7.04. The summed E-state index contributed by atoms with van der Waals surface area (Å²) < 4.78 is 12.9. The molecule has 0 unspecified atom stereocenters. The Balaban J connectivity index is 2.02. The highest BCUT2D eigenvalue weighted by molar-refractivity contribution is 5.87.